The van der Waals surface area contributed by atoms with E-state index in [2.05, 4.69) is 0 Å². The number of aryl methyl sites for hydroxylation is 2. The Kier molecular flexibility index (Phi) is 4.99. The fourth-order valence-electron chi connectivity index (χ4n) is 1.92. The normalized spacial score (nSPS) is 10.6. The van der Waals surface area contributed by atoms with E-state index in [0.29, 0.717) is 11.3 Å². The molecule has 0 aliphatic rings. The Balaban J connectivity index is 2.18. The van der Waals surface area contributed by atoms with Gasteiger partial charge in [0.05, 0.1) is 6.61 Å². The highest BCUT2D eigenvalue weighted by Crippen LogP contribution is 2.20. The second-order valence-corrected chi connectivity index (χ2v) is 5.89. The monoisotopic (exact) mass is 286 g/mol. The molecule has 2 aromatic carbocycles. The minimum Gasteiger partial charge on any atom is -0.396 e. The maximum atomic E-state index is 12.4. The van der Waals surface area contributed by atoms with Gasteiger partial charge in [0.25, 0.3) is 0 Å². The van der Waals surface area contributed by atoms with Gasteiger partial charge < -0.3 is 5.11 Å². The van der Waals surface area contributed by atoms with E-state index in [4.69, 9.17) is 5.11 Å². The number of carbonyl (C=O) groups excluding carboxylic acids is 1. The highest BCUT2D eigenvalue weighted by atomic mass is 32.2. The van der Waals surface area contributed by atoms with Crippen LogP contribution in [0.25, 0.3) is 0 Å². The molecule has 3 heteroatoms. The van der Waals surface area contributed by atoms with Crippen molar-refractivity contribution in [2.75, 3.05) is 12.4 Å². The summed E-state index contributed by atoms with van der Waals surface area (Å²) in [5.74, 6) is 0.719. The van der Waals surface area contributed by atoms with Crippen LogP contribution in [0, 0.1) is 13.8 Å². The lowest BCUT2D eigenvalue weighted by Gasteiger charge is -2.06. The molecule has 0 spiro atoms. The van der Waals surface area contributed by atoms with Crippen molar-refractivity contribution in [1.82, 2.24) is 0 Å². The Bertz CT molecular complexity index is 603. The van der Waals surface area contributed by atoms with Crippen molar-refractivity contribution < 1.29 is 9.90 Å². The second kappa shape index (κ2) is 6.73. The summed E-state index contributed by atoms with van der Waals surface area (Å²) >= 11 is 1.58. The highest BCUT2D eigenvalue weighted by molar-refractivity contribution is 7.99. The number of carbonyl (C=O) groups is 1. The Morgan fingerprint density at radius 2 is 1.65 bits per heavy atom. The van der Waals surface area contributed by atoms with Crippen molar-refractivity contribution in [1.29, 1.82) is 0 Å². The summed E-state index contributed by atoms with van der Waals surface area (Å²) in [6.45, 7) is 4.21. The van der Waals surface area contributed by atoms with E-state index in [9.17, 15) is 4.79 Å². The number of aliphatic hydroxyl groups excluding tert-OH is 1. The molecule has 0 aliphatic heterocycles. The third kappa shape index (κ3) is 3.50. The zero-order chi connectivity index (χ0) is 14.5. The van der Waals surface area contributed by atoms with Crippen molar-refractivity contribution in [3.63, 3.8) is 0 Å². The number of hydrogen-bond acceptors (Lipinski definition) is 3. The molecule has 2 rings (SSSR count). The minimum absolute atomic E-state index is 0.0480. The molecule has 2 nitrogen and oxygen atoms in total. The van der Waals surface area contributed by atoms with E-state index >= 15 is 0 Å². The predicted octanol–water partition coefficient (Wildman–Crippen LogP) is 3.62. The smallest absolute Gasteiger partial charge is 0.193 e. The summed E-state index contributed by atoms with van der Waals surface area (Å²) in [7, 11) is 0. The van der Waals surface area contributed by atoms with E-state index in [1.54, 1.807) is 11.8 Å². The maximum absolute atomic E-state index is 12.4. The zero-order valence-corrected chi connectivity index (χ0v) is 12.5. The molecule has 0 radical (unpaired) electrons. The molecular formula is C17H18O2S. The first-order chi connectivity index (χ1) is 9.61. The molecule has 0 fully saturated rings. The first-order valence-electron chi connectivity index (χ1n) is 6.57. The molecule has 0 heterocycles. The van der Waals surface area contributed by atoms with Gasteiger partial charge in [0.2, 0.25) is 0 Å². The molecule has 0 unspecified atom stereocenters. The zero-order valence-electron chi connectivity index (χ0n) is 11.7. The fraction of sp³-hybridized carbons (Fsp3) is 0.235. The van der Waals surface area contributed by atoms with Crippen molar-refractivity contribution in [3.8, 4) is 0 Å². The minimum atomic E-state index is 0.0480. The molecule has 0 saturated carbocycles. The van der Waals surface area contributed by atoms with Crippen LogP contribution in [0.3, 0.4) is 0 Å². The lowest BCUT2D eigenvalue weighted by atomic mass is 9.99. The van der Waals surface area contributed by atoms with Gasteiger partial charge in [0.15, 0.2) is 5.78 Å². The first kappa shape index (κ1) is 14.8. The summed E-state index contributed by atoms with van der Waals surface area (Å²) in [5.41, 5.74) is 3.74. The van der Waals surface area contributed by atoms with Crippen LogP contribution in [-0.4, -0.2) is 23.2 Å². The largest absolute Gasteiger partial charge is 0.396 e. The number of ketones is 1. The second-order valence-electron chi connectivity index (χ2n) is 4.72. The standard InChI is InChI=1S/C17H18O2S/c1-12-3-4-15(11-13(12)2)17(19)14-5-7-16(8-6-14)20-10-9-18/h3-8,11,18H,9-10H2,1-2H3. The van der Waals surface area contributed by atoms with Crippen molar-refractivity contribution in [2.45, 2.75) is 18.7 Å². The van der Waals surface area contributed by atoms with E-state index in [0.717, 1.165) is 16.0 Å². The van der Waals surface area contributed by atoms with E-state index in [-0.39, 0.29) is 12.4 Å². The fourth-order valence-corrected chi connectivity index (χ4v) is 2.57. The van der Waals surface area contributed by atoms with Gasteiger partial charge in [0.1, 0.15) is 0 Å². The quantitative estimate of drug-likeness (QED) is 0.674. The number of rotatable bonds is 5. The summed E-state index contributed by atoms with van der Waals surface area (Å²) in [4.78, 5) is 13.5. The number of benzene rings is 2. The lowest BCUT2D eigenvalue weighted by Crippen LogP contribution is -2.02. The van der Waals surface area contributed by atoms with Crippen molar-refractivity contribution in [3.05, 3.63) is 64.7 Å². The van der Waals surface area contributed by atoms with Crippen molar-refractivity contribution >= 4 is 17.5 Å². The Morgan fingerprint density at radius 1 is 1.00 bits per heavy atom. The first-order valence-corrected chi connectivity index (χ1v) is 7.56. The van der Waals surface area contributed by atoms with Gasteiger partial charge in [-0.1, -0.05) is 12.1 Å². The summed E-state index contributed by atoms with van der Waals surface area (Å²) in [6, 6.07) is 13.3. The number of thioether (sulfide) groups is 1. The Hall–Kier alpha value is -1.58. The van der Waals surface area contributed by atoms with Crippen LogP contribution < -0.4 is 0 Å². The predicted molar refractivity (Wildman–Crippen MR) is 83.6 cm³/mol. The third-order valence-corrected chi connectivity index (χ3v) is 4.24. The Morgan fingerprint density at radius 3 is 2.25 bits per heavy atom. The van der Waals surface area contributed by atoms with Crippen LogP contribution in [0.4, 0.5) is 0 Å². The molecular weight excluding hydrogens is 268 g/mol. The van der Waals surface area contributed by atoms with Crippen LogP contribution in [0.15, 0.2) is 47.4 Å². The van der Waals surface area contributed by atoms with Crippen LogP contribution in [-0.2, 0) is 0 Å². The van der Waals surface area contributed by atoms with Gasteiger partial charge in [-0.15, -0.1) is 11.8 Å². The SMILES string of the molecule is Cc1ccc(C(=O)c2ccc(SCCO)cc2)cc1C. The maximum Gasteiger partial charge on any atom is 0.193 e. The van der Waals surface area contributed by atoms with Crippen LogP contribution in [0.2, 0.25) is 0 Å². The third-order valence-electron chi connectivity index (χ3n) is 3.25. The summed E-state index contributed by atoms with van der Waals surface area (Å²) in [5, 5.41) is 8.79. The molecule has 2 aromatic rings. The van der Waals surface area contributed by atoms with E-state index in [1.165, 1.54) is 5.56 Å². The van der Waals surface area contributed by atoms with Gasteiger partial charge in [-0.3, -0.25) is 4.79 Å². The van der Waals surface area contributed by atoms with Crippen LogP contribution in [0.1, 0.15) is 27.0 Å². The molecule has 0 saturated heterocycles. The molecule has 0 amide bonds. The molecule has 1 N–H and O–H groups in total. The van der Waals surface area contributed by atoms with Crippen molar-refractivity contribution in [2.24, 2.45) is 0 Å². The van der Waals surface area contributed by atoms with Gasteiger partial charge in [0, 0.05) is 21.8 Å². The molecule has 0 aliphatic carbocycles. The highest BCUT2D eigenvalue weighted by Gasteiger charge is 2.09. The average molecular weight is 286 g/mol. The molecule has 20 heavy (non-hydrogen) atoms. The average Bonchev–Trinajstić information content (AvgIpc) is 2.48. The van der Waals surface area contributed by atoms with Crippen LogP contribution in [0.5, 0.6) is 0 Å². The summed E-state index contributed by atoms with van der Waals surface area (Å²) in [6.07, 6.45) is 0. The summed E-state index contributed by atoms with van der Waals surface area (Å²) < 4.78 is 0. The number of hydrogen-bond donors (Lipinski definition) is 1. The number of aliphatic hydroxyl groups is 1. The van der Waals surface area contributed by atoms with Gasteiger partial charge in [-0.25, -0.2) is 0 Å². The van der Waals surface area contributed by atoms with Gasteiger partial charge in [-0.05, 0) is 55.3 Å². The molecule has 0 bridgehead atoms. The van der Waals surface area contributed by atoms with E-state index < -0.39 is 0 Å². The molecule has 104 valence electrons. The van der Waals surface area contributed by atoms with E-state index in [1.807, 2.05) is 56.3 Å². The molecule has 0 atom stereocenters. The molecule has 0 aromatic heterocycles. The van der Waals surface area contributed by atoms with Gasteiger partial charge in [-0.2, -0.15) is 0 Å². The topological polar surface area (TPSA) is 37.3 Å². The van der Waals surface area contributed by atoms with Crippen LogP contribution >= 0.6 is 11.8 Å². The Labute approximate surface area is 123 Å². The van der Waals surface area contributed by atoms with Gasteiger partial charge >= 0.3 is 0 Å². The lowest BCUT2D eigenvalue weighted by molar-refractivity contribution is 0.103.